The van der Waals surface area contributed by atoms with Crippen LogP contribution in [0.5, 0.6) is 5.75 Å². The van der Waals surface area contributed by atoms with Gasteiger partial charge in [0.2, 0.25) is 0 Å². The van der Waals surface area contributed by atoms with E-state index >= 15 is 0 Å². The number of nitrogens with one attached hydrogen (secondary N) is 2. The van der Waals surface area contributed by atoms with Crippen LogP contribution in [0.2, 0.25) is 0 Å². The minimum Gasteiger partial charge on any atom is -0.494 e. The molecule has 0 saturated heterocycles. The molecule has 1 amide bonds. The monoisotopic (exact) mass is 471 g/mol. The van der Waals surface area contributed by atoms with Crippen LogP contribution in [0.1, 0.15) is 48.7 Å². The lowest BCUT2D eigenvalue weighted by Gasteiger charge is -2.41. The topological polar surface area (TPSA) is 92.8 Å². The number of alkyl halides is 3. The Hall–Kier alpha value is -3.69. The number of H-pyrrole nitrogens is 1. The summed E-state index contributed by atoms with van der Waals surface area (Å²) < 4.78 is 49.7. The molecule has 0 bridgehead atoms. The normalized spacial score (nSPS) is 18.7. The number of halogens is 3. The number of carbonyl (C=O) groups excluding carboxylic acids is 1. The van der Waals surface area contributed by atoms with Crippen LogP contribution in [0.25, 0.3) is 11.1 Å². The molecule has 34 heavy (non-hydrogen) atoms. The van der Waals surface area contributed by atoms with E-state index in [0.29, 0.717) is 17.9 Å². The first-order valence-corrected chi connectivity index (χ1v) is 10.9. The molecule has 0 unspecified atom stereocenters. The predicted molar refractivity (Wildman–Crippen MR) is 120 cm³/mol. The largest absolute Gasteiger partial charge is 0.494 e. The molecule has 1 atom stereocenters. The molecule has 0 spiro atoms. The number of ether oxygens (including phenoxy) is 1. The smallest absolute Gasteiger partial charge is 0.416 e. The second kappa shape index (κ2) is 9.28. The number of aryl methyl sites for hydroxylation is 1. The first kappa shape index (κ1) is 23.5. The number of aromatic amines is 1. The summed E-state index contributed by atoms with van der Waals surface area (Å²) in [6.07, 6.45) is -3.53. The van der Waals surface area contributed by atoms with Crippen LogP contribution in [-0.4, -0.2) is 39.3 Å². The molecule has 1 aliphatic rings. The van der Waals surface area contributed by atoms with Crippen LogP contribution in [-0.2, 0) is 10.3 Å². The van der Waals surface area contributed by atoms with Crippen LogP contribution >= 0.6 is 0 Å². The molecule has 2 N–H and O–H groups in total. The number of hydrogen-bond donors (Lipinski definition) is 2. The maximum absolute atomic E-state index is 14.7. The zero-order chi connectivity index (χ0) is 24.3. The van der Waals surface area contributed by atoms with Crippen molar-refractivity contribution < 1.29 is 22.7 Å². The molecule has 0 radical (unpaired) electrons. The van der Waals surface area contributed by atoms with Gasteiger partial charge in [0, 0.05) is 6.42 Å². The van der Waals surface area contributed by atoms with Crippen molar-refractivity contribution in [2.45, 2.75) is 44.8 Å². The third-order valence-corrected chi connectivity index (χ3v) is 5.88. The first-order chi connectivity index (χ1) is 16.2. The zero-order valence-electron chi connectivity index (χ0n) is 18.7. The van der Waals surface area contributed by atoms with E-state index in [1.807, 2.05) is 13.8 Å². The Bertz CT molecular complexity index is 1170. The van der Waals surface area contributed by atoms with Gasteiger partial charge in [-0.15, -0.1) is 5.10 Å². The SMILES string of the molecule is CCCCOc1ccc([C@]2(C(F)(F)F)CC(c3ccc(C)cc3)=C(c3nnn[nH]3)C(=O)N2)cc1. The minimum absolute atomic E-state index is 0.00326. The number of hydrogen-bond acceptors (Lipinski definition) is 5. The van der Waals surface area contributed by atoms with Crippen molar-refractivity contribution >= 4 is 17.1 Å². The van der Waals surface area contributed by atoms with Gasteiger partial charge in [-0.25, -0.2) is 5.10 Å². The average molecular weight is 471 g/mol. The highest BCUT2D eigenvalue weighted by atomic mass is 19.4. The first-order valence-electron chi connectivity index (χ1n) is 10.9. The fraction of sp³-hybridized carbons (Fsp3) is 0.333. The summed E-state index contributed by atoms with van der Waals surface area (Å²) >= 11 is 0. The van der Waals surface area contributed by atoms with Gasteiger partial charge in [-0.05, 0) is 52.6 Å². The molecule has 7 nitrogen and oxygen atoms in total. The number of rotatable bonds is 7. The van der Waals surface area contributed by atoms with Gasteiger partial charge in [0.15, 0.2) is 11.4 Å². The molecule has 178 valence electrons. The number of tetrazole rings is 1. The zero-order valence-corrected chi connectivity index (χ0v) is 18.7. The predicted octanol–water partition coefficient (Wildman–Crippen LogP) is 4.58. The highest BCUT2D eigenvalue weighted by Crippen LogP contribution is 2.49. The Labute approximate surface area is 194 Å². The van der Waals surface area contributed by atoms with Crippen LogP contribution in [0, 0.1) is 6.92 Å². The summed E-state index contributed by atoms with van der Waals surface area (Å²) in [4.78, 5) is 13.2. The van der Waals surface area contributed by atoms with Crippen molar-refractivity contribution in [3.8, 4) is 5.75 Å². The summed E-state index contributed by atoms with van der Waals surface area (Å²) in [5, 5.41) is 15.5. The summed E-state index contributed by atoms with van der Waals surface area (Å²) in [7, 11) is 0. The van der Waals surface area contributed by atoms with Crippen LogP contribution < -0.4 is 10.1 Å². The quantitative estimate of drug-likeness (QED) is 0.493. The Morgan fingerprint density at radius 1 is 1.09 bits per heavy atom. The fourth-order valence-corrected chi connectivity index (χ4v) is 3.99. The van der Waals surface area contributed by atoms with Gasteiger partial charge in [-0.1, -0.05) is 55.3 Å². The van der Waals surface area contributed by atoms with E-state index < -0.39 is 24.0 Å². The maximum Gasteiger partial charge on any atom is 0.416 e. The van der Waals surface area contributed by atoms with E-state index in [0.717, 1.165) is 18.4 Å². The Morgan fingerprint density at radius 2 is 1.79 bits per heavy atom. The molecule has 0 aliphatic carbocycles. The highest BCUT2D eigenvalue weighted by Gasteiger charge is 2.59. The lowest BCUT2D eigenvalue weighted by Crippen LogP contribution is -2.58. The molecule has 3 aromatic rings. The van der Waals surface area contributed by atoms with Crippen molar-refractivity contribution in [1.29, 1.82) is 0 Å². The number of nitrogens with zero attached hydrogens (tertiary/aromatic N) is 3. The number of aromatic nitrogens is 4. The van der Waals surface area contributed by atoms with Crippen LogP contribution in [0.3, 0.4) is 0 Å². The van der Waals surface area contributed by atoms with Gasteiger partial charge in [0.05, 0.1) is 12.2 Å². The van der Waals surface area contributed by atoms with E-state index in [4.69, 9.17) is 4.74 Å². The van der Waals surface area contributed by atoms with Crippen molar-refractivity contribution in [3.63, 3.8) is 0 Å². The summed E-state index contributed by atoms with van der Waals surface area (Å²) in [5.41, 5.74) is -1.12. The molecule has 4 rings (SSSR count). The second-order valence-corrected chi connectivity index (χ2v) is 8.23. The van der Waals surface area contributed by atoms with Gasteiger partial charge in [-0.3, -0.25) is 4.79 Å². The summed E-state index contributed by atoms with van der Waals surface area (Å²) in [5.74, 6) is -0.441. The van der Waals surface area contributed by atoms with E-state index in [-0.39, 0.29) is 22.5 Å². The van der Waals surface area contributed by atoms with Crippen LogP contribution in [0.15, 0.2) is 48.5 Å². The van der Waals surface area contributed by atoms with Gasteiger partial charge in [-0.2, -0.15) is 13.2 Å². The number of amides is 1. The van der Waals surface area contributed by atoms with Crippen molar-refractivity contribution in [2.24, 2.45) is 0 Å². The molecular weight excluding hydrogens is 447 g/mol. The Balaban J connectivity index is 1.82. The van der Waals surface area contributed by atoms with Crippen LogP contribution in [0.4, 0.5) is 13.2 Å². The lowest BCUT2D eigenvalue weighted by molar-refractivity contribution is -0.201. The lowest BCUT2D eigenvalue weighted by atomic mass is 9.76. The van der Waals surface area contributed by atoms with Gasteiger partial charge >= 0.3 is 6.18 Å². The van der Waals surface area contributed by atoms with Crippen molar-refractivity contribution in [2.75, 3.05) is 6.61 Å². The number of carbonyl (C=O) groups is 1. The van der Waals surface area contributed by atoms with Gasteiger partial charge in [0.1, 0.15) is 5.75 Å². The molecule has 0 saturated carbocycles. The third kappa shape index (κ3) is 4.40. The van der Waals surface area contributed by atoms with E-state index in [9.17, 15) is 18.0 Å². The van der Waals surface area contributed by atoms with Crippen molar-refractivity contribution in [1.82, 2.24) is 25.9 Å². The van der Waals surface area contributed by atoms with Gasteiger partial charge in [0.25, 0.3) is 5.91 Å². The number of benzene rings is 2. The average Bonchev–Trinajstić information content (AvgIpc) is 3.33. The Morgan fingerprint density at radius 3 is 2.38 bits per heavy atom. The molecular formula is C24H24F3N5O2. The standard InChI is InChI=1S/C24H24F3N5O2/c1-3-4-13-34-18-11-9-17(10-12-18)23(24(25,26)27)14-19(16-7-5-15(2)6-8-16)20(22(33)28-23)21-29-31-32-30-21/h5-12H,3-4,13-14H2,1-2H3,(H,28,33)(H,29,30,31,32)/t23-/m0/s1. The highest BCUT2D eigenvalue weighted by molar-refractivity contribution is 6.27. The fourth-order valence-electron chi connectivity index (χ4n) is 3.99. The minimum atomic E-state index is -4.78. The van der Waals surface area contributed by atoms with Gasteiger partial charge < -0.3 is 10.1 Å². The van der Waals surface area contributed by atoms with E-state index in [1.54, 1.807) is 24.3 Å². The second-order valence-electron chi connectivity index (χ2n) is 8.23. The number of unbranched alkanes of at least 4 members (excludes halogenated alkanes) is 1. The summed E-state index contributed by atoms with van der Waals surface area (Å²) in [6, 6.07) is 12.6. The summed E-state index contributed by atoms with van der Waals surface area (Å²) in [6.45, 7) is 4.37. The molecule has 1 aliphatic heterocycles. The molecule has 10 heteroatoms. The molecule has 2 aromatic carbocycles. The van der Waals surface area contributed by atoms with E-state index in [1.165, 1.54) is 24.3 Å². The third-order valence-electron chi connectivity index (χ3n) is 5.88. The Kier molecular flexibility index (Phi) is 6.41. The molecule has 1 aromatic heterocycles. The van der Waals surface area contributed by atoms with E-state index in [2.05, 4.69) is 25.9 Å². The molecule has 2 heterocycles. The maximum atomic E-state index is 14.7. The molecule has 0 fully saturated rings. The van der Waals surface area contributed by atoms with Crippen molar-refractivity contribution in [3.05, 3.63) is 71.0 Å².